The molecule has 1 fully saturated rings. The molecular formula is C14H18N2O3. The van der Waals surface area contributed by atoms with Gasteiger partial charge in [-0.1, -0.05) is 0 Å². The molecule has 1 aromatic rings. The Bertz CT molecular complexity index is 474. The van der Waals surface area contributed by atoms with Crippen LogP contribution in [0, 0.1) is 10.1 Å². The minimum absolute atomic E-state index is 0.0105. The topological polar surface area (TPSA) is 63.5 Å². The van der Waals surface area contributed by atoms with Crippen LogP contribution in [0.15, 0.2) is 24.3 Å². The summed E-state index contributed by atoms with van der Waals surface area (Å²) >= 11 is 0. The van der Waals surface area contributed by atoms with Crippen molar-refractivity contribution in [2.45, 2.75) is 45.2 Å². The van der Waals surface area contributed by atoms with Gasteiger partial charge in [-0.3, -0.25) is 14.9 Å². The molecule has 5 heteroatoms. The van der Waals surface area contributed by atoms with Crippen LogP contribution >= 0.6 is 0 Å². The fourth-order valence-corrected chi connectivity index (χ4v) is 2.70. The Hall–Kier alpha value is -1.91. The van der Waals surface area contributed by atoms with E-state index in [-0.39, 0.29) is 23.7 Å². The molecule has 5 nitrogen and oxygen atoms in total. The molecule has 1 saturated heterocycles. The third-order valence-corrected chi connectivity index (χ3v) is 3.75. The van der Waals surface area contributed by atoms with Crippen LogP contribution in [0.3, 0.4) is 0 Å². The fraction of sp³-hybridized carbons (Fsp3) is 0.500. The van der Waals surface area contributed by atoms with Gasteiger partial charge in [0.2, 0.25) is 0 Å². The third-order valence-electron chi connectivity index (χ3n) is 3.75. The van der Waals surface area contributed by atoms with Crippen molar-refractivity contribution in [1.29, 1.82) is 0 Å². The van der Waals surface area contributed by atoms with Gasteiger partial charge in [0, 0.05) is 29.8 Å². The first kappa shape index (κ1) is 13.5. The molecule has 102 valence electrons. The summed E-state index contributed by atoms with van der Waals surface area (Å²) in [7, 11) is 0. The number of likely N-dealkylation sites (tertiary alicyclic amines) is 1. The number of carbonyl (C=O) groups excluding carboxylic acids is 1. The number of amides is 1. The van der Waals surface area contributed by atoms with E-state index < -0.39 is 4.92 Å². The lowest BCUT2D eigenvalue weighted by Crippen LogP contribution is -2.47. The van der Waals surface area contributed by atoms with Crippen LogP contribution in [0.4, 0.5) is 5.69 Å². The molecule has 2 rings (SSSR count). The standard InChI is InChI=1S/C14H18N2O3/c1-10-4-3-5-11(2)15(10)14(17)12-6-8-13(9-7-12)16(18)19/h6-11H,3-5H2,1-2H3. The number of non-ortho nitro benzene ring substituents is 1. The van der Waals surface area contributed by atoms with Gasteiger partial charge in [0.25, 0.3) is 11.6 Å². The molecule has 1 aliphatic rings. The summed E-state index contributed by atoms with van der Waals surface area (Å²) in [4.78, 5) is 24.5. The van der Waals surface area contributed by atoms with Gasteiger partial charge in [-0.15, -0.1) is 0 Å². The molecular weight excluding hydrogens is 244 g/mol. The second-order valence-corrected chi connectivity index (χ2v) is 5.15. The molecule has 1 aliphatic heterocycles. The van der Waals surface area contributed by atoms with Gasteiger partial charge >= 0.3 is 0 Å². The number of hydrogen-bond acceptors (Lipinski definition) is 3. The van der Waals surface area contributed by atoms with Crippen molar-refractivity contribution in [1.82, 2.24) is 4.90 Å². The summed E-state index contributed by atoms with van der Waals surface area (Å²) in [6.07, 6.45) is 3.18. The normalized spacial score (nSPS) is 23.2. The largest absolute Gasteiger partial charge is 0.333 e. The molecule has 2 unspecified atom stereocenters. The van der Waals surface area contributed by atoms with Crippen LogP contribution in [0.2, 0.25) is 0 Å². The van der Waals surface area contributed by atoms with Gasteiger partial charge < -0.3 is 4.90 Å². The predicted molar refractivity (Wildman–Crippen MR) is 72.0 cm³/mol. The van der Waals surface area contributed by atoms with E-state index in [9.17, 15) is 14.9 Å². The average Bonchev–Trinajstić information content (AvgIpc) is 2.38. The number of hydrogen-bond donors (Lipinski definition) is 0. The van der Waals surface area contributed by atoms with Crippen LogP contribution in [0.1, 0.15) is 43.5 Å². The highest BCUT2D eigenvalue weighted by Crippen LogP contribution is 2.25. The maximum Gasteiger partial charge on any atom is 0.269 e. The van der Waals surface area contributed by atoms with Crippen molar-refractivity contribution in [2.75, 3.05) is 0 Å². The van der Waals surface area contributed by atoms with Gasteiger partial charge in [-0.05, 0) is 45.2 Å². The third kappa shape index (κ3) is 2.75. The molecule has 19 heavy (non-hydrogen) atoms. The second-order valence-electron chi connectivity index (χ2n) is 5.15. The summed E-state index contributed by atoms with van der Waals surface area (Å²) in [5.74, 6) is -0.0328. The van der Waals surface area contributed by atoms with Gasteiger partial charge in [-0.25, -0.2) is 0 Å². The van der Waals surface area contributed by atoms with Gasteiger partial charge in [-0.2, -0.15) is 0 Å². The van der Waals surface area contributed by atoms with Gasteiger partial charge in [0.15, 0.2) is 0 Å². The van der Waals surface area contributed by atoms with E-state index in [2.05, 4.69) is 13.8 Å². The highest BCUT2D eigenvalue weighted by molar-refractivity contribution is 5.94. The number of rotatable bonds is 2. The van der Waals surface area contributed by atoms with E-state index in [4.69, 9.17) is 0 Å². The molecule has 1 amide bonds. The Morgan fingerprint density at radius 2 is 1.74 bits per heavy atom. The van der Waals surface area contributed by atoms with Gasteiger partial charge in [0.1, 0.15) is 0 Å². The molecule has 0 N–H and O–H groups in total. The van der Waals surface area contributed by atoms with E-state index in [1.54, 1.807) is 0 Å². The molecule has 2 atom stereocenters. The van der Waals surface area contributed by atoms with Crippen molar-refractivity contribution < 1.29 is 9.72 Å². The van der Waals surface area contributed by atoms with E-state index in [0.29, 0.717) is 5.56 Å². The molecule has 0 aliphatic carbocycles. The Morgan fingerprint density at radius 1 is 1.21 bits per heavy atom. The molecule has 0 spiro atoms. The van der Waals surface area contributed by atoms with Crippen LogP contribution in [0.25, 0.3) is 0 Å². The van der Waals surface area contributed by atoms with Crippen LogP contribution in [-0.2, 0) is 0 Å². The van der Waals surface area contributed by atoms with Crippen molar-refractivity contribution in [2.24, 2.45) is 0 Å². The number of nitro groups is 1. The molecule has 0 bridgehead atoms. The van der Waals surface area contributed by atoms with Crippen molar-refractivity contribution in [3.8, 4) is 0 Å². The Morgan fingerprint density at radius 3 is 2.21 bits per heavy atom. The Kier molecular flexibility index (Phi) is 3.83. The van der Waals surface area contributed by atoms with E-state index >= 15 is 0 Å². The van der Waals surface area contributed by atoms with Crippen molar-refractivity contribution in [3.05, 3.63) is 39.9 Å². The van der Waals surface area contributed by atoms with E-state index in [1.165, 1.54) is 24.3 Å². The summed E-state index contributed by atoms with van der Waals surface area (Å²) in [6, 6.07) is 6.29. The molecule has 0 saturated carbocycles. The number of nitrogens with zero attached hydrogens (tertiary/aromatic N) is 2. The van der Waals surface area contributed by atoms with Gasteiger partial charge in [0.05, 0.1) is 4.92 Å². The first-order chi connectivity index (χ1) is 9.00. The minimum atomic E-state index is -0.458. The SMILES string of the molecule is CC1CCCC(C)N1C(=O)c1ccc([N+](=O)[O-])cc1. The molecule has 0 radical (unpaired) electrons. The quantitative estimate of drug-likeness (QED) is 0.608. The summed E-state index contributed by atoms with van der Waals surface area (Å²) in [5, 5.41) is 10.6. The number of carbonyl (C=O) groups is 1. The van der Waals surface area contributed by atoms with Crippen molar-refractivity contribution >= 4 is 11.6 Å². The van der Waals surface area contributed by atoms with Crippen LogP contribution in [0.5, 0.6) is 0 Å². The smallest absolute Gasteiger partial charge is 0.269 e. The zero-order valence-corrected chi connectivity index (χ0v) is 11.2. The van der Waals surface area contributed by atoms with Crippen LogP contribution < -0.4 is 0 Å². The van der Waals surface area contributed by atoms with E-state index in [0.717, 1.165) is 19.3 Å². The number of piperidine rings is 1. The van der Waals surface area contributed by atoms with Crippen molar-refractivity contribution in [3.63, 3.8) is 0 Å². The first-order valence-corrected chi connectivity index (χ1v) is 6.58. The maximum absolute atomic E-state index is 12.5. The summed E-state index contributed by atoms with van der Waals surface area (Å²) < 4.78 is 0. The first-order valence-electron chi connectivity index (χ1n) is 6.58. The zero-order valence-electron chi connectivity index (χ0n) is 11.2. The zero-order chi connectivity index (χ0) is 14.0. The second kappa shape index (κ2) is 5.38. The predicted octanol–water partition coefficient (Wildman–Crippen LogP) is 3.00. The Balaban J connectivity index is 2.20. The lowest BCUT2D eigenvalue weighted by Gasteiger charge is -2.39. The molecule has 1 aromatic carbocycles. The average molecular weight is 262 g/mol. The molecule has 1 heterocycles. The maximum atomic E-state index is 12.5. The van der Waals surface area contributed by atoms with Crippen LogP contribution in [-0.4, -0.2) is 27.8 Å². The number of benzene rings is 1. The summed E-state index contributed by atoms with van der Waals surface area (Å²) in [5.41, 5.74) is 0.530. The summed E-state index contributed by atoms with van der Waals surface area (Å²) in [6.45, 7) is 4.11. The Labute approximate surface area is 112 Å². The highest BCUT2D eigenvalue weighted by Gasteiger charge is 2.29. The minimum Gasteiger partial charge on any atom is -0.333 e. The lowest BCUT2D eigenvalue weighted by molar-refractivity contribution is -0.384. The molecule has 0 aromatic heterocycles. The fourth-order valence-electron chi connectivity index (χ4n) is 2.70. The van der Waals surface area contributed by atoms with E-state index in [1.807, 2.05) is 4.90 Å². The lowest BCUT2D eigenvalue weighted by atomic mass is 9.96. The highest BCUT2D eigenvalue weighted by atomic mass is 16.6. The monoisotopic (exact) mass is 262 g/mol. The number of nitro benzene ring substituents is 1.